The van der Waals surface area contributed by atoms with Crippen LogP contribution in [0.1, 0.15) is 37.5 Å². The Hall–Kier alpha value is -0.905. The minimum absolute atomic E-state index is 0.741. The third kappa shape index (κ3) is 4.59. The molecule has 5 heteroatoms. The topological polar surface area (TPSA) is 12.9 Å². The second-order valence-electron chi connectivity index (χ2n) is 5.01. The third-order valence-electron chi connectivity index (χ3n) is 3.54. The summed E-state index contributed by atoms with van der Waals surface area (Å²) in [5.41, 5.74) is 3.68. The van der Waals surface area contributed by atoms with Crippen molar-refractivity contribution in [3.63, 3.8) is 0 Å². The number of hydrogen-bond acceptors (Lipinski definition) is 3. The van der Waals surface area contributed by atoms with Crippen LogP contribution in [0.15, 0.2) is 45.7 Å². The van der Waals surface area contributed by atoms with Crippen LogP contribution in [-0.2, 0) is 0 Å². The minimum Gasteiger partial charge on any atom is -0.229 e. The monoisotopic (exact) mass is 417 g/mol. The molecular weight excluding hydrogens is 397 g/mol. The Labute approximate surface area is 162 Å². The number of benzene rings is 1. The smallest absolute Gasteiger partial charge is 0.160 e. The van der Waals surface area contributed by atoms with Crippen LogP contribution in [0.3, 0.4) is 0 Å². The van der Waals surface area contributed by atoms with Crippen LogP contribution in [-0.4, -0.2) is 12.8 Å². The zero-order chi connectivity index (χ0) is 17.5. The van der Waals surface area contributed by atoms with E-state index < -0.39 is 0 Å². The predicted molar refractivity (Wildman–Crippen MR) is 114 cm³/mol. The summed E-state index contributed by atoms with van der Waals surface area (Å²) in [7, 11) is 4.50. The van der Waals surface area contributed by atoms with Gasteiger partial charge in [-0.1, -0.05) is 51.0 Å². The molecule has 1 saturated carbocycles. The lowest BCUT2D eigenvalue weighted by Gasteiger charge is -2.03. The fourth-order valence-corrected chi connectivity index (χ4v) is 4.78. The van der Waals surface area contributed by atoms with E-state index in [0.29, 0.717) is 0 Å². The van der Waals surface area contributed by atoms with E-state index in [9.17, 15) is 0 Å². The highest BCUT2D eigenvalue weighted by Gasteiger charge is 2.29. The van der Waals surface area contributed by atoms with E-state index in [4.69, 9.17) is 0 Å². The van der Waals surface area contributed by atoms with Crippen molar-refractivity contribution in [2.75, 3.05) is 0 Å². The van der Waals surface area contributed by atoms with E-state index in [2.05, 4.69) is 70.5 Å². The summed E-state index contributed by atoms with van der Waals surface area (Å²) in [6.45, 7) is 5.50. The number of nitrogens with zero attached hydrogens (tertiary/aromatic N) is 1. The highest BCUT2D eigenvalue weighted by atomic mass is 79.9. The molecule has 3 aromatic rings. The van der Waals surface area contributed by atoms with Crippen LogP contribution in [0.2, 0.25) is 6.82 Å². The molecular formula is C19H21BBrNS2. The Bertz CT molecular complexity index is 731. The Morgan fingerprint density at radius 2 is 1.67 bits per heavy atom. The number of halogens is 1. The molecule has 1 fully saturated rings. The van der Waals surface area contributed by atoms with Crippen molar-refractivity contribution in [2.24, 2.45) is 0 Å². The molecule has 0 bridgehead atoms. The van der Waals surface area contributed by atoms with E-state index in [1.165, 1.54) is 46.2 Å². The molecule has 2 heterocycles. The molecule has 0 aliphatic heterocycles. The maximum absolute atomic E-state index is 4.67. The van der Waals surface area contributed by atoms with Gasteiger partial charge in [0, 0.05) is 15.3 Å². The van der Waals surface area contributed by atoms with Crippen molar-refractivity contribution in [1.29, 1.82) is 0 Å². The molecule has 1 aromatic carbocycles. The van der Waals surface area contributed by atoms with Gasteiger partial charge in [-0.2, -0.15) is 0 Å². The van der Waals surface area contributed by atoms with Crippen LogP contribution in [0, 0.1) is 0 Å². The summed E-state index contributed by atoms with van der Waals surface area (Å²) in [6, 6.07) is 13.0. The van der Waals surface area contributed by atoms with Gasteiger partial charge in [0.15, 0.2) is 3.92 Å². The summed E-state index contributed by atoms with van der Waals surface area (Å²) in [5.74, 6) is 0.741. The highest BCUT2D eigenvalue weighted by Crippen LogP contribution is 2.48. The Kier molecular flexibility index (Phi) is 7.72. The van der Waals surface area contributed by atoms with E-state index >= 15 is 0 Å². The highest BCUT2D eigenvalue weighted by molar-refractivity contribution is 9.11. The minimum atomic E-state index is 0.741. The van der Waals surface area contributed by atoms with Crippen molar-refractivity contribution < 1.29 is 0 Å². The van der Waals surface area contributed by atoms with Crippen molar-refractivity contribution >= 4 is 46.4 Å². The van der Waals surface area contributed by atoms with Crippen LogP contribution in [0.25, 0.3) is 21.7 Å². The molecule has 4 rings (SSSR count). The summed E-state index contributed by atoms with van der Waals surface area (Å²) in [6.07, 6.45) is 2.63. The van der Waals surface area contributed by atoms with Gasteiger partial charge >= 0.3 is 0 Å². The summed E-state index contributed by atoms with van der Waals surface area (Å²) in [4.78, 5) is 7.44. The van der Waals surface area contributed by atoms with Gasteiger partial charge in [0.1, 0.15) is 0 Å². The normalized spacial score (nSPS) is 12.7. The van der Waals surface area contributed by atoms with Crippen molar-refractivity contribution in [3.8, 4) is 21.7 Å². The zero-order valence-electron chi connectivity index (χ0n) is 14.3. The number of rotatable bonds is 3. The lowest BCUT2D eigenvalue weighted by atomic mass is 10.1. The Morgan fingerprint density at radius 1 is 1.04 bits per heavy atom. The first-order chi connectivity index (χ1) is 11.8. The van der Waals surface area contributed by atoms with Gasteiger partial charge < -0.3 is 0 Å². The lowest BCUT2D eigenvalue weighted by molar-refractivity contribution is 1.16. The quantitative estimate of drug-likeness (QED) is 0.404. The van der Waals surface area contributed by atoms with Crippen LogP contribution in [0.4, 0.5) is 0 Å². The average Bonchev–Trinajstić information content (AvgIpc) is 3.19. The Morgan fingerprint density at radius 3 is 2.21 bits per heavy atom. The van der Waals surface area contributed by atoms with Gasteiger partial charge in [0.2, 0.25) is 0 Å². The van der Waals surface area contributed by atoms with Gasteiger partial charge in [0.25, 0.3) is 0 Å². The number of thiophene rings is 1. The van der Waals surface area contributed by atoms with Gasteiger partial charge in [-0.05, 0) is 51.7 Å². The molecule has 0 amide bonds. The van der Waals surface area contributed by atoms with E-state index in [0.717, 1.165) is 9.83 Å². The fraction of sp³-hybridized carbons (Fsp3) is 0.316. The number of aromatic nitrogens is 1. The van der Waals surface area contributed by atoms with Crippen LogP contribution in [0.5, 0.6) is 0 Å². The summed E-state index contributed by atoms with van der Waals surface area (Å²) < 4.78 is 0.997. The molecule has 24 heavy (non-hydrogen) atoms. The average molecular weight is 418 g/mol. The Balaban J connectivity index is 0.000000487. The maximum Gasteiger partial charge on any atom is 0.160 e. The second kappa shape index (κ2) is 9.55. The van der Waals surface area contributed by atoms with E-state index in [1.807, 2.05) is 13.8 Å². The van der Waals surface area contributed by atoms with Gasteiger partial charge in [0.05, 0.1) is 13.5 Å². The molecule has 0 spiro atoms. The standard InChI is InChI=1S/C16H12BrNS2.C2H6.CH3B/c17-16-18-14(15(20-16)12-7-8-12)11-5-3-10(4-6-11)13-2-1-9-19-13;2*1-2/h1-6,9,12H,7-8H2;1-2H3;1H3. The molecule has 1 aliphatic rings. The summed E-state index contributed by atoms with van der Waals surface area (Å²) >= 11 is 7.10. The predicted octanol–water partition coefficient (Wildman–Crippen LogP) is 7.41. The molecule has 2 radical (unpaired) electrons. The molecule has 1 nitrogen and oxygen atoms in total. The first-order valence-electron chi connectivity index (χ1n) is 8.19. The molecule has 1 aliphatic carbocycles. The zero-order valence-corrected chi connectivity index (χ0v) is 17.5. The largest absolute Gasteiger partial charge is 0.229 e. The van der Waals surface area contributed by atoms with Gasteiger partial charge in [-0.15, -0.1) is 22.7 Å². The number of thiazole rings is 1. The fourth-order valence-electron chi connectivity index (χ4n) is 2.37. The first kappa shape index (κ1) is 19.4. The van der Waals surface area contributed by atoms with Crippen molar-refractivity contribution in [1.82, 2.24) is 4.98 Å². The van der Waals surface area contributed by atoms with Gasteiger partial charge in [-0.25, -0.2) is 4.98 Å². The lowest BCUT2D eigenvalue weighted by Crippen LogP contribution is -1.83. The summed E-state index contributed by atoms with van der Waals surface area (Å²) in [5, 5.41) is 2.12. The number of hydrogen-bond donors (Lipinski definition) is 0. The molecule has 0 unspecified atom stereocenters. The second-order valence-corrected chi connectivity index (χ2v) is 8.26. The molecule has 0 atom stereocenters. The molecule has 0 N–H and O–H groups in total. The molecule has 0 saturated heterocycles. The van der Waals surface area contributed by atoms with Gasteiger partial charge in [-0.3, -0.25) is 0 Å². The van der Waals surface area contributed by atoms with Crippen molar-refractivity contribution in [2.45, 2.75) is 39.4 Å². The molecule has 2 aromatic heterocycles. The third-order valence-corrected chi connectivity index (χ3v) is 6.13. The van der Waals surface area contributed by atoms with Crippen LogP contribution >= 0.6 is 38.6 Å². The van der Waals surface area contributed by atoms with Crippen molar-refractivity contribution in [3.05, 3.63) is 50.6 Å². The van der Waals surface area contributed by atoms with Crippen LogP contribution < -0.4 is 0 Å². The first-order valence-corrected chi connectivity index (χ1v) is 10.7. The van der Waals surface area contributed by atoms with E-state index in [1.54, 1.807) is 22.7 Å². The van der Waals surface area contributed by atoms with E-state index in [-0.39, 0.29) is 0 Å². The molecule has 124 valence electrons. The maximum atomic E-state index is 4.67. The SMILES string of the molecule is Brc1nc(-c2ccc(-c3cccs3)cc2)c(C2CC2)s1.CC.[B]C.